The van der Waals surface area contributed by atoms with Gasteiger partial charge in [-0.2, -0.15) is 0 Å². The number of carbonyl (C=O) groups excluding carboxylic acids is 1. The van der Waals surface area contributed by atoms with Gasteiger partial charge in [-0.25, -0.2) is 0 Å². The van der Waals surface area contributed by atoms with Crippen molar-refractivity contribution in [3.8, 4) is 0 Å². The molecule has 5 nitrogen and oxygen atoms in total. The van der Waals surface area contributed by atoms with E-state index in [4.69, 9.17) is 4.42 Å². The lowest BCUT2D eigenvalue weighted by atomic mass is 9.90. The highest BCUT2D eigenvalue weighted by molar-refractivity contribution is 5.94. The van der Waals surface area contributed by atoms with Crippen LogP contribution >= 0.6 is 0 Å². The minimum atomic E-state index is -0.207. The highest BCUT2D eigenvalue weighted by Gasteiger charge is 2.33. The molecule has 1 fully saturated rings. The topological polar surface area (TPSA) is 66.3 Å². The summed E-state index contributed by atoms with van der Waals surface area (Å²) in [6.45, 7) is 2.89. The van der Waals surface area contributed by atoms with E-state index < -0.39 is 0 Å². The van der Waals surface area contributed by atoms with Crippen molar-refractivity contribution in [2.24, 2.45) is 5.92 Å². The maximum Gasteiger partial charge on any atom is 0.255 e. The van der Waals surface area contributed by atoms with E-state index in [1.54, 1.807) is 12.3 Å². The van der Waals surface area contributed by atoms with Gasteiger partial charge in [0.25, 0.3) is 5.91 Å². The predicted octanol–water partition coefficient (Wildman–Crippen LogP) is 2.58. The van der Waals surface area contributed by atoms with Crippen molar-refractivity contribution in [2.45, 2.75) is 25.8 Å². The molecule has 0 bridgehead atoms. The first-order chi connectivity index (χ1) is 10.1. The Bertz CT molecular complexity index is 655. The van der Waals surface area contributed by atoms with Gasteiger partial charge in [0.05, 0.1) is 17.9 Å². The molecule has 1 aliphatic rings. The number of aromatic amines is 1. The Labute approximate surface area is 122 Å². The molecular weight excluding hydrogens is 268 g/mol. The van der Waals surface area contributed by atoms with E-state index in [9.17, 15) is 9.59 Å². The Hall–Kier alpha value is -2.30. The van der Waals surface area contributed by atoms with Crippen LogP contribution in [0.1, 0.15) is 41.9 Å². The third kappa shape index (κ3) is 2.77. The molecule has 0 spiro atoms. The molecular formula is C16H18N2O3. The molecule has 21 heavy (non-hydrogen) atoms. The van der Waals surface area contributed by atoms with Gasteiger partial charge < -0.3 is 14.3 Å². The van der Waals surface area contributed by atoms with E-state index in [-0.39, 0.29) is 17.5 Å². The van der Waals surface area contributed by atoms with Crippen LogP contribution in [-0.2, 0) is 0 Å². The molecule has 1 N–H and O–H groups in total. The summed E-state index contributed by atoms with van der Waals surface area (Å²) in [7, 11) is 0. The van der Waals surface area contributed by atoms with Gasteiger partial charge in [0.15, 0.2) is 0 Å². The van der Waals surface area contributed by atoms with E-state index in [1.165, 1.54) is 12.3 Å². The standard InChI is InChI=1S/C16H18N2O3/c1-11-6-7-18(13(9-11)14-3-2-8-21-14)16(20)12-4-5-15(19)17-10-12/h2-5,8,10-11,13H,6-7,9H2,1H3,(H,17,19)/t11-,13+/m0/s1. The third-order valence-corrected chi connectivity index (χ3v) is 4.03. The summed E-state index contributed by atoms with van der Waals surface area (Å²) in [4.78, 5) is 28.2. The molecule has 2 aromatic rings. The van der Waals surface area contributed by atoms with Gasteiger partial charge >= 0.3 is 0 Å². The fourth-order valence-corrected chi connectivity index (χ4v) is 2.84. The average Bonchev–Trinajstić information content (AvgIpc) is 3.01. The van der Waals surface area contributed by atoms with Crippen LogP contribution in [0, 0.1) is 5.92 Å². The Morgan fingerprint density at radius 3 is 2.90 bits per heavy atom. The lowest BCUT2D eigenvalue weighted by Gasteiger charge is -2.37. The molecule has 0 unspecified atom stereocenters. The zero-order chi connectivity index (χ0) is 14.8. The normalized spacial score (nSPS) is 22.2. The van der Waals surface area contributed by atoms with Gasteiger partial charge in [0, 0.05) is 18.8 Å². The summed E-state index contributed by atoms with van der Waals surface area (Å²) in [6, 6.07) is 6.66. The highest BCUT2D eigenvalue weighted by atomic mass is 16.3. The SMILES string of the molecule is C[C@H]1CCN(C(=O)c2ccc(=O)[nH]c2)[C@@H](c2ccco2)C1. The van der Waals surface area contributed by atoms with Crippen LogP contribution in [0.15, 0.2) is 45.9 Å². The number of rotatable bonds is 2. The number of aromatic nitrogens is 1. The second-order valence-electron chi connectivity index (χ2n) is 5.60. The first-order valence-electron chi connectivity index (χ1n) is 7.18. The third-order valence-electron chi connectivity index (χ3n) is 4.03. The Morgan fingerprint density at radius 1 is 1.38 bits per heavy atom. The maximum absolute atomic E-state index is 12.7. The van der Waals surface area contributed by atoms with Crippen molar-refractivity contribution in [3.05, 3.63) is 58.4 Å². The lowest BCUT2D eigenvalue weighted by molar-refractivity contribution is 0.0520. The van der Waals surface area contributed by atoms with Crippen LogP contribution in [0.4, 0.5) is 0 Å². The molecule has 2 aromatic heterocycles. The number of nitrogens with one attached hydrogen (secondary N) is 1. The monoisotopic (exact) mass is 286 g/mol. The minimum absolute atomic E-state index is 0.0387. The van der Waals surface area contributed by atoms with E-state index in [1.807, 2.05) is 17.0 Å². The van der Waals surface area contributed by atoms with E-state index >= 15 is 0 Å². The number of furan rings is 1. The molecule has 1 aliphatic heterocycles. The number of carbonyl (C=O) groups is 1. The van der Waals surface area contributed by atoms with Crippen LogP contribution < -0.4 is 5.56 Å². The number of hydrogen-bond donors (Lipinski definition) is 1. The molecule has 0 radical (unpaired) electrons. The fraction of sp³-hybridized carbons (Fsp3) is 0.375. The Balaban J connectivity index is 1.89. The second kappa shape index (κ2) is 5.60. The zero-order valence-electron chi connectivity index (χ0n) is 11.9. The molecule has 1 amide bonds. The zero-order valence-corrected chi connectivity index (χ0v) is 11.9. The fourth-order valence-electron chi connectivity index (χ4n) is 2.84. The summed E-state index contributed by atoms with van der Waals surface area (Å²) < 4.78 is 5.51. The van der Waals surface area contributed by atoms with Crippen molar-refractivity contribution < 1.29 is 9.21 Å². The molecule has 0 saturated carbocycles. The molecule has 2 atom stereocenters. The van der Waals surface area contributed by atoms with Gasteiger partial charge in [-0.05, 0) is 37.0 Å². The first-order valence-corrected chi connectivity index (χ1v) is 7.18. The van der Waals surface area contributed by atoms with Gasteiger partial charge in [-0.1, -0.05) is 6.92 Å². The number of H-pyrrole nitrogens is 1. The molecule has 5 heteroatoms. The van der Waals surface area contributed by atoms with Crippen molar-refractivity contribution in [3.63, 3.8) is 0 Å². The summed E-state index contributed by atoms with van der Waals surface area (Å²) in [5, 5.41) is 0. The summed E-state index contributed by atoms with van der Waals surface area (Å²) in [5.41, 5.74) is 0.294. The van der Waals surface area contributed by atoms with E-state index in [2.05, 4.69) is 11.9 Å². The molecule has 3 rings (SSSR count). The first kappa shape index (κ1) is 13.7. The van der Waals surface area contributed by atoms with E-state index in [0.717, 1.165) is 18.6 Å². The molecule has 1 saturated heterocycles. The van der Waals surface area contributed by atoms with Crippen LogP contribution in [0.25, 0.3) is 0 Å². The van der Waals surface area contributed by atoms with E-state index in [0.29, 0.717) is 18.0 Å². The van der Waals surface area contributed by atoms with Gasteiger partial charge in [0.2, 0.25) is 5.56 Å². The molecule has 0 aromatic carbocycles. The molecule has 110 valence electrons. The Kier molecular flexibility index (Phi) is 3.64. The molecule has 3 heterocycles. The second-order valence-corrected chi connectivity index (χ2v) is 5.60. The number of likely N-dealkylation sites (tertiary alicyclic amines) is 1. The van der Waals surface area contributed by atoms with Gasteiger partial charge in [0.1, 0.15) is 5.76 Å². The van der Waals surface area contributed by atoms with Crippen molar-refractivity contribution in [1.82, 2.24) is 9.88 Å². The largest absolute Gasteiger partial charge is 0.467 e. The summed E-state index contributed by atoms with van der Waals surface area (Å²) in [5.74, 6) is 1.30. The van der Waals surface area contributed by atoms with Gasteiger partial charge in [-0.3, -0.25) is 9.59 Å². The summed E-state index contributed by atoms with van der Waals surface area (Å²) >= 11 is 0. The Morgan fingerprint density at radius 2 is 2.24 bits per heavy atom. The van der Waals surface area contributed by atoms with Crippen LogP contribution in [0.5, 0.6) is 0 Å². The molecule has 0 aliphatic carbocycles. The smallest absolute Gasteiger partial charge is 0.255 e. The number of nitrogens with zero attached hydrogens (tertiary/aromatic N) is 1. The number of pyridine rings is 1. The van der Waals surface area contributed by atoms with Gasteiger partial charge in [-0.15, -0.1) is 0 Å². The number of hydrogen-bond acceptors (Lipinski definition) is 3. The van der Waals surface area contributed by atoms with Crippen molar-refractivity contribution in [2.75, 3.05) is 6.54 Å². The summed E-state index contributed by atoms with van der Waals surface area (Å²) in [6.07, 6.45) is 4.98. The average molecular weight is 286 g/mol. The van der Waals surface area contributed by atoms with Crippen LogP contribution in [0.3, 0.4) is 0 Å². The van der Waals surface area contributed by atoms with Crippen LogP contribution in [-0.4, -0.2) is 22.3 Å². The number of amides is 1. The number of piperidine rings is 1. The van der Waals surface area contributed by atoms with Crippen molar-refractivity contribution >= 4 is 5.91 Å². The quantitative estimate of drug-likeness (QED) is 0.922. The minimum Gasteiger partial charge on any atom is -0.467 e. The highest BCUT2D eigenvalue weighted by Crippen LogP contribution is 2.35. The predicted molar refractivity (Wildman–Crippen MR) is 77.9 cm³/mol. The van der Waals surface area contributed by atoms with Crippen LogP contribution in [0.2, 0.25) is 0 Å². The lowest BCUT2D eigenvalue weighted by Crippen LogP contribution is -2.40. The maximum atomic E-state index is 12.7. The van der Waals surface area contributed by atoms with Crippen molar-refractivity contribution in [1.29, 1.82) is 0 Å².